The number of nitrogen functional groups attached to an aromatic ring is 1. The van der Waals surface area contributed by atoms with Gasteiger partial charge in [0.2, 0.25) is 0 Å². The number of nitro benzene ring substituents is 1. The third-order valence-electron chi connectivity index (χ3n) is 3.38. The average molecular weight is 334 g/mol. The van der Waals surface area contributed by atoms with Crippen molar-refractivity contribution in [2.24, 2.45) is 0 Å². The standard InChI is InChI=1S/C16H16ClN3O3/c1-10-2-3-11(14(17)8-10)6-7-19-16(21)13-5-4-12(20(22)23)9-15(13)18/h2-5,8-9H,6-7,18H2,1H3,(H,19,21). The Labute approximate surface area is 138 Å². The number of rotatable bonds is 5. The molecule has 6 nitrogen and oxygen atoms in total. The highest BCUT2D eigenvalue weighted by atomic mass is 35.5. The fourth-order valence-electron chi connectivity index (χ4n) is 2.13. The van der Waals surface area contributed by atoms with Gasteiger partial charge in [-0.25, -0.2) is 0 Å². The summed E-state index contributed by atoms with van der Waals surface area (Å²) in [6.07, 6.45) is 0.581. The van der Waals surface area contributed by atoms with Crippen molar-refractivity contribution in [3.8, 4) is 0 Å². The Morgan fingerprint density at radius 1 is 1.30 bits per heavy atom. The number of halogens is 1. The summed E-state index contributed by atoms with van der Waals surface area (Å²) < 4.78 is 0. The Morgan fingerprint density at radius 2 is 2.04 bits per heavy atom. The molecular weight excluding hydrogens is 318 g/mol. The summed E-state index contributed by atoms with van der Waals surface area (Å²) >= 11 is 6.14. The van der Waals surface area contributed by atoms with Crippen molar-refractivity contribution in [1.82, 2.24) is 5.32 Å². The van der Waals surface area contributed by atoms with Gasteiger partial charge in [0.1, 0.15) is 0 Å². The molecule has 2 aromatic rings. The quantitative estimate of drug-likeness (QED) is 0.499. The highest BCUT2D eigenvalue weighted by Gasteiger charge is 2.14. The minimum atomic E-state index is -0.558. The summed E-state index contributed by atoms with van der Waals surface area (Å²) in [4.78, 5) is 22.2. The molecule has 120 valence electrons. The number of nitrogens with two attached hydrogens (primary N) is 1. The van der Waals surface area contributed by atoms with Gasteiger partial charge in [-0.15, -0.1) is 0 Å². The van der Waals surface area contributed by atoms with Crippen LogP contribution in [0.25, 0.3) is 0 Å². The fourth-order valence-corrected chi connectivity index (χ4v) is 2.46. The van der Waals surface area contributed by atoms with E-state index >= 15 is 0 Å². The van der Waals surface area contributed by atoms with Gasteiger partial charge in [-0.3, -0.25) is 14.9 Å². The van der Waals surface area contributed by atoms with Crippen LogP contribution in [-0.4, -0.2) is 17.4 Å². The number of hydrogen-bond acceptors (Lipinski definition) is 4. The van der Waals surface area contributed by atoms with E-state index in [1.54, 1.807) is 0 Å². The second-order valence-corrected chi connectivity index (χ2v) is 5.54. The van der Waals surface area contributed by atoms with Crippen molar-refractivity contribution in [1.29, 1.82) is 0 Å². The number of nitrogens with one attached hydrogen (secondary N) is 1. The maximum absolute atomic E-state index is 12.1. The average Bonchev–Trinajstić information content (AvgIpc) is 2.49. The molecule has 0 aliphatic carbocycles. The molecule has 0 unspecified atom stereocenters. The van der Waals surface area contributed by atoms with E-state index < -0.39 is 4.92 Å². The van der Waals surface area contributed by atoms with Gasteiger partial charge in [0.05, 0.1) is 16.2 Å². The van der Waals surface area contributed by atoms with E-state index in [0.717, 1.165) is 11.1 Å². The van der Waals surface area contributed by atoms with Crippen LogP contribution in [0.4, 0.5) is 11.4 Å². The molecule has 2 rings (SSSR count). The van der Waals surface area contributed by atoms with E-state index in [2.05, 4.69) is 5.32 Å². The van der Waals surface area contributed by atoms with Gasteiger partial charge in [-0.1, -0.05) is 23.7 Å². The zero-order valence-corrected chi connectivity index (χ0v) is 13.3. The summed E-state index contributed by atoms with van der Waals surface area (Å²) in [5, 5.41) is 14.0. The number of carbonyl (C=O) groups is 1. The molecule has 0 heterocycles. The molecule has 0 spiro atoms. The van der Waals surface area contributed by atoms with Gasteiger partial charge in [0.25, 0.3) is 11.6 Å². The lowest BCUT2D eigenvalue weighted by Gasteiger charge is -2.09. The van der Waals surface area contributed by atoms with Gasteiger partial charge in [0.15, 0.2) is 0 Å². The molecule has 0 saturated heterocycles. The first-order valence-corrected chi connectivity index (χ1v) is 7.33. The van der Waals surface area contributed by atoms with E-state index in [4.69, 9.17) is 17.3 Å². The van der Waals surface area contributed by atoms with Crippen molar-refractivity contribution in [2.75, 3.05) is 12.3 Å². The van der Waals surface area contributed by atoms with Crippen LogP contribution in [0, 0.1) is 17.0 Å². The Morgan fingerprint density at radius 3 is 2.65 bits per heavy atom. The number of nitro groups is 1. The number of anilines is 1. The Bertz CT molecular complexity index is 762. The maximum Gasteiger partial charge on any atom is 0.271 e. The molecule has 1 amide bonds. The number of carbonyl (C=O) groups excluding carboxylic acids is 1. The van der Waals surface area contributed by atoms with Crippen LogP contribution in [-0.2, 0) is 6.42 Å². The van der Waals surface area contributed by atoms with Crippen LogP contribution >= 0.6 is 11.6 Å². The molecule has 2 aromatic carbocycles. The zero-order chi connectivity index (χ0) is 17.0. The van der Waals surface area contributed by atoms with Crippen LogP contribution in [0.1, 0.15) is 21.5 Å². The largest absolute Gasteiger partial charge is 0.398 e. The normalized spacial score (nSPS) is 10.3. The van der Waals surface area contributed by atoms with Crippen molar-refractivity contribution >= 4 is 28.9 Å². The van der Waals surface area contributed by atoms with Crippen LogP contribution in [0.15, 0.2) is 36.4 Å². The summed E-state index contributed by atoms with van der Waals surface area (Å²) in [5.74, 6) is -0.374. The molecule has 3 N–H and O–H groups in total. The SMILES string of the molecule is Cc1ccc(CCNC(=O)c2ccc([N+](=O)[O-])cc2N)c(Cl)c1. The zero-order valence-electron chi connectivity index (χ0n) is 12.5. The maximum atomic E-state index is 12.1. The summed E-state index contributed by atoms with van der Waals surface area (Å²) in [7, 11) is 0. The minimum absolute atomic E-state index is 0.0741. The predicted molar refractivity (Wildman–Crippen MR) is 89.7 cm³/mol. The van der Waals surface area contributed by atoms with Crippen molar-refractivity contribution in [3.63, 3.8) is 0 Å². The second kappa shape index (κ2) is 7.11. The smallest absolute Gasteiger partial charge is 0.271 e. The highest BCUT2D eigenvalue weighted by Crippen LogP contribution is 2.20. The number of nitrogens with zero attached hydrogens (tertiary/aromatic N) is 1. The lowest BCUT2D eigenvalue weighted by Crippen LogP contribution is -2.26. The number of amides is 1. The Balaban J connectivity index is 1.98. The van der Waals surface area contributed by atoms with Crippen molar-refractivity contribution in [3.05, 3.63) is 68.2 Å². The summed E-state index contributed by atoms with van der Waals surface area (Å²) in [6, 6.07) is 9.52. The molecule has 7 heteroatoms. The lowest BCUT2D eigenvalue weighted by molar-refractivity contribution is -0.384. The second-order valence-electron chi connectivity index (χ2n) is 5.13. The van der Waals surface area contributed by atoms with E-state index in [1.165, 1.54) is 18.2 Å². The topological polar surface area (TPSA) is 98.3 Å². The first-order chi connectivity index (χ1) is 10.9. The first-order valence-electron chi connectivity index (χ1n) is 6.95. The molecule has 23 heavy (non-hydrogen) atoms. The fraction of sp³-hybridized carbons (Fsp3) is 0.188. The summed E-state index contributed by atoms with van der Waals surface area (Å²) in [6.45, 7) is 2.34. The van der Waals surface area contributed by atoms with Gasteiger partial charge in [-0.2, -0.15) is 0 Å². The molecule has 0 saturated carbocycles. The van der Waals surface area contributed by atoms with Crippen LogP contribution in [0.3, 0.4) is 0 Å². The van der Waals surface area contributed by atoms with E-state index in [-0.39, 0.29) is 22.8 Å². The lowest BCUT2D eigenvalue weighted by atomic mass is 10.1. The molecule has 0 radical (unpaired) electrons. The molecule has 0 aromatic heterocycles. The van der Waals surface area contributed by atoms with Crippen LogP contribution in [0.2, 0.25) is 5.02 Å². The van der Waals surface area contributed by atoms with E-state index in [9.17, 15) is 14.9 Å². The van der Waals surface area contributed by atoms with E-state index in [1.807, 2.05) is 25.1 Å². The van der Waals surface area contributed by atoms with E-state index in [0.29, 0.717) is 18.0 Å². The highest BCUT2D eigenvalue weighted by molar-refractivity contribution is 6.31. The Hall–Kier alpha value is -2.60. The third-order valence-corrected chi connectivity index (χ3v) is 3.73. The van der Waals surface area contributed by atoms with Crippen LogP contribution < -0.4 is 11.1 Å². The molecule has 0 aliphatic heterocycles. The molecular formula is C16H16ClN3O3. The first kappa shape index (κ1) is 16.8. The number of hydrogen-bond donors (Lipinski definition) is 2. The number of aryl methyl sites for hydroxylation is 1. The molecule has 0 fully saturated rings. The minimum Gasteiger partial charge on any atom is -0.398 e. The van der Waals surface area contributed by atoms with Crippen molar-refractivity contribution < 1.29 is 9.72 Å². The number of non-ortho nitro benzene ring substituents is 1. The predicted octanol–water partition coefficient (Wildman–Crippen LogP) is 3.11. The number of benzene rings is 2. The van der Waals surface area contributed by atoms with Gasteiger partial charge in [0, 0.05) is 23.7 Å². The van der Waals surface area contributed by atoms with Gasteiger partial charge < -0.3 is 11.1 Å². The van der Waals surface area contributed by atoms with Gasteiger partial charge in [-0.05, 0) is 36.6 Å². The molecule has 0 bridgehead atoms. The molecule has 0 aliphatic rings. The Kier molecular flexibility index (Phi) is 5.18. The van der Waals surface area contributed by atoms with Crippen molar-refractivity contribution in [2.45, 2.75) is 13.3 Å². The van der Waals surface area contributed by atoms with Crippen LogP contribution in [0.5, 0.6) is 0 Å². The molecule has 0 atom stereocenters. The van der Waals surface area contributed by atoms with Gasteiger partial charge >= 0.3 is 0 Å². The monoisotopic (exact) mass is 333 g/mol. The summed E-state index contributed by atoms with van der Waals surface area (Å²) in [5.41, 5.74) is 7.85. The third kappa shape index (κ3) is 4.20.